The van der Waals surface area contributed by atoms with Crippen molar-refractivity contribution in [1.29, 1.82) is 0 Å². The Balaban J connectivity index is 2.24. The second-order valence-corrected chi connectivity index (χ2v) is 5.29. The highest BCUT2D eigenvalue weighted by Crippen LogP contribution is 2.26. The molecule has 0 radical (unpaired) electrons. The number of morpholine rings is 1. The number of anilines is 1. The maximum atomic E-state index is 9.56. The molecule has 6 heteroatoms. The second-order valence-electron chi connectivity index (χ2n) is 5.29. The van der Waals surface area contributed by atoms with E-state index in [0.717, 1.165) is 37.6 Å². The van der Waals surface area contributed by atoms with Crippen molar-refractivity contribution in [2.75, 3.05) is 37.8 Å². The topological polar surface area (TPSA) is 62.6 Å². The SMILES string of the molecule is CCCNCc1c(C)nn(C)c1N1CCOCC1CO. The molecule has 0 bridgehead atoms. The van der Waals surface area contributed by atoms with Gasteiger partial charge in [0.2, 0.25) is 0 Å². The van der Waals surface area contributed by atoms with E-state index in [0.29, 0.717) is 13.2 Å². The number of ether oxygens (including phenoxy) is 1. The third kappa shape index (κ3) is 3.13. The van der Waals surface area contributed by atoms with Gasteiger partial charge in [-0.05, 0) is 19.9 Å². The molecule has 1 fully saturated rings. The lowest BCUT2D eigenvalue weighted by atomic mass is 10.1. The van der Waals surface area contributed by atoms with Crippen LogP contribution in [0, 0.1) is 6.92 Å². The van der Waals surface area contributed by atoms with Gasteiger partial charge in [-0.3, -0.25) is 4.68 Å². The van der Waals surface area contributed by atoms with Crippen LogP contribution in [0.4, 0.5) is 5.82 Å². The maximum absolute atomic E-state index is 9.56. The third-order valence-corrected chi connectivity index (χ3v) is 3.75. The summed E-state index contributed by atoms with van der Waals surface area (Å²) in [6, 6.07) is 0.0171. The summed E-state index contributed by atoms with van der Waals surface area (Å²) in [6.45, 7) is 8.19. The van der Waals surface area contributed by atoms with E-state index in [9.17, 15) is 5.11 Å². The molecule has 0 spiro atoms. The Kier molecular flexibility index (Phi) is 5.39. The summed E-state index contributed by atoms with van der Waals surface area (Å²) in [5, 5.41) is 17.5. The number of nitrogens with zero attached hydrogens (tertiary/aromatic N) is 3. The zero-order valence-corrected chi connectivity index (χ0v) is 12.7. The number of aliphatic hydroxyl groups is 1. The van der Waals surface area contributed by atoms with Gasteiger partial charge in [0.25, 0.3) is 0 Å². The first-order valence-corrected chi connectivity index (χ1v) is 7.37. The minimum atomic E-state index is 0.0171. The van der Waals surface area contributed by atoms with Gasteiger partial charge >= 0.3 is 0 Å². The molecule has 114 valence electrons. The fraction of sp³-hybridized carbons (Fsp3) is 0.786. The van der Waals surface area contributed by atoms with Crippen LogP contribution in [-0.4, -0.2) is 53.8 Å². The Labute approximate surface area is 120 Å². The van der Waals surface area contributed by atoms with Gasteiger partial charge in [0.05, 0.1) is 31.6 Å². The summed E-state index contributed by atoms with van der Waals surface area (Å²) in [4.78, 5) is 2.23. The van der Waals surface area contributed by atoms with E-state index in [1.54, 1.807) is 0 Å². The van der Waals surface area contributed by atoms with Crippen LogP contribution in [0.1, 0.15) is 24.6 Å². The zero-order valence-electron chi connectivity index (χ0n) is 12.7. The molecule has 6 nitrogen and oxygen atoms in total. The van der Waals surface area contributed by atoms with Crippen LogP contribution < -0.4 is 10.2 Å². The van der Waals surface area contributed by atoms with Crippen LogP contribution in [0.25, 0.3) is 0 Å². The highest BCUT2D eigenvalue weighted by atomic mass is 16.5. The quantitative estimate of drug-likeness (QED) is 0.741. The minimum absolute atomic E-state index is 0.0171. The van der Waals surface area contributed by atoms with Gasteiger partial charge in [0.1, 0.15) is 5.82 Å². The van der Waals surface area contributed by atoms with Crippen LogP contribution in [0.5, 0.6) is 0 Å². The standard InChI is InChI=1S/C14H26N4O2/c1-4-5-15-8-13-11(2)16-17(3)14(13)18-6-7-20-10-12(18)9-19/h12,15,19H,4-10H2,1-3H3. The molecule has 0 amide bonds. The largest absolute Gasteiger partial charge is 0.394 e. The van der Waals surface area contributed by atoms with Crippen molar-refractivity contribution in [3.05, 3.63) is 11.3 Å². The molecule has 0 aliphatic carbocycles. The highest BCUT2D eigenvalue weighted by Gasteiger charge is 2.28. The molecular formula is C14H26N4O2. The fourth-order valence-corrected chi connectivity index (χ4v) is 2.73. The third-order valence-electron chi connectivity index (χ3n) is 3.75. The number of nitrogens with one attached hydrogen (secondary N) is 1. The monoisotopic (exact) mass is 282 g/mol. The van der Waals surface area contributed by atoms with Crippen LogP contribution in [0.2, 0.25) is 0 Å². The number of aromatic nitrogens is 2. The molecule has 1 atom stereocenters. The number of hydrogen-bond acceptors (Lipinski definition) is 5. The molecule has 1 aromatic rings. The Bertz CT molecular complexity index is 433. The molecule has 1 aliphatic rings. The lowest BCUT2D eigenvalue weighted by Crippen LogP contribution is -2.48. The lowest BCUT2D eigenvalue weighted by molar-refractivity contribution is 0.0718. The number of hydrogen-bond donors (Lipinski definition) is 2. The predicted octanol–water partition coefficient (Wildman–Crippen LogP) is 0.426. The molecule has 2 rings (SSSR count). The Morgan fingerprint density at radius 1 is 1.50 bits per heavy atom. The molecule has 1 aromatic heterocycles. The summed E-state index contributed by atoms with van der Waals surface area (Å²) in [7, 11) is 1.97. The molecule has 1 unspecified atom stereocenters. The Morgan fingerprint density at radius 2 is 2.30 bits per heavy atom. The van der Waals surface area contributed by atoms with E-state index >= 15 is 0 Å². The van der Waals surface area contributed by atoms with E-state index in [1.807, 2.05) is 18.7 Å². The minimum Gasteiger partial charge on any atom is -0.394 e. The average Bonchev–Trinajstić information content (AvgIpc) is 2.73. The first-order valence-electron chi connectivity index (χ1n) is 7.37. The van der Waals surface area contributed by atoms with Crippen LogP contribution in [-0.2, 0) is 18.3 Å². The highest BCUT2D eigenvalue weighted by molar-refractivity contribution is 5.51. The molecule has 20 heavy (non-hydrogen) atoms. The van der Waals surface area contributed by atoms with E-state index in [2.05, 4.69) is 22.2 Å². The van der Waals surface area contributed by atoms with Gasteiger partial charge in [-0.15, -0.1) is 0 Å². The van der Waals surface area contributed by atoms with Crippen LogP contribution in [0.15, 0.2) is 0 Å². The van der Waals surface area contributed by atoms with Crippen molar-refractivity contribution in [1.82, 2.24) is 15.1 Å². The fourth-order valence-electron chi connectivity index (χ4n) is 2.73. The smallest absolute Gasteiger partial charge is 0.131 e. The Hall–Kier alpha value is -1.11. The number of rotatable bonds is 6. The van der Waals surface area contributed by atoms with E-state index in [1.165, 1.54) is 5.56 Å². The first kappa shape index (κ1) is 15.3. The summed E-state index contributed by atoms with van der Waals surface area (Å²) in [5.41, 5.74) is 2.27. The molecule has 2 N–H and O–H groups in total. The second kappa shape index (κ2) is 7.06. The summed E-state index contributed by atoms with van der Waals surface area (Å²) in [6.07, 6.45) is 1.12. The van der Waals surface area contributed by atoms with E-state index < -0.39 is 0 Å². The predicted molar refractivity (Wildman–Crippen MR) is 79.0 cm³/mol. The first-order chi connectivity index (χ1) is 9.69. The zero-order chi connectivity index (χ0) is 14.5. The van der Waals surface area contributed by atoms with Gasteiger partial charge < -0.3 is 20.1 Å². The van der Waals surface area contributed by atoms with Gasteiger partial charge in [-0.25, -0.2) is 0 Å². The van der Waals surface area contributed by atoms with Crippen molar-refractivity contribution in [2.45, 2.75) is 32.9 Å². The maximum Gasteiger partial charge on any atom is 0.131 e. The number of aliphatic hydroxyl groups excluding tert-OH is 1. The molecule has 0 aromatic carbocycles. The van der Waals surface area contributed by atoms with Crippen molar-refractivity contribution < 1.29 is 9.84 Å². The van der Waals surface area contributed by atoms with Gasteiger partial charge in [-0.1, -0.05) is 6.92 Å². The molecular weight excluding hydrogens is 256 g/mol. The molecule has 0 saturated carbocycles. The molecule has 1 aliphatic heterocycles. The Morgan fingerprint density at radius 3 is 3.00 bits per heavy atom. The molecule has 1 saturated heterocycles. The summed E-state index contributed by atoms with van der Waals surface area (Å²) >= 11 is 0. The summed E-state index contributed by atoms with van der Waals surface area (Å²) in [5.74, 6) is 1.11. The lowest BCUT2D eigenvalue weighted by Gasteiger charge is -2.36. The van der Waals surface area contributed by atoms with Crippen molar-refractivity contribution in [3.63, 3.8) is 0 Å². The van der Waals surface area contributed by atoms with Gasteiger partial charge in [-0.2, -0.15) is 5.10 Å². The van der Waals surface area contributed by atoms with Crippen LogP contribution >= 0.6 is 0 Å². The van der Waals surface area contributed by atoms with Crippen molar-refractivity contribution >= 4 is 5.82 Å². The van der Waals surface area contributed by atoms with Crippen molar-refractivity contribution in [2.24, 2.45) is 7.05 Å². The van der Waals surface area contributed by atoms with Gasteiger partial charge in [0, 0.05) is 25.7 Å². The normalized spacial score (nSPS) is 19.6. The van der Waals surface area contributed by atoms with E-state index in [4.69, 9.17) is 4.74 Å². The van der Waals surface area contributed by atoms with Crippen LogP contribution in [0.3, 0.4) is 0 Å². The van der Waals surface area contributed by atoms with Crippen molar-refractivity contribution in [3.8, 4) is 0 Å². The average molecular weight is 282 g/mol. The summed E-state index contributed by atoms with van der Waals surface area (Å²) < 4.78 is 7.39. The van der Waals surface area contributed by atoms with E-state index in [-0.39, 0.29) is 12.6 Å². The number of aryl methyl sites for hydroxylation is 2. The van der Waals surface area contributed by atoms with Gasteiger partial charge in [0.15, 0.2) is 0 Å². The molecule has 2 heterocycles.